The summed E-state index contributed by atoms with van der Waals surface area (Å²) in [6, 6.07) is 11.1. The van der Waals surface area contributed by atoms with E-state index in [1.165, 1.54) is 0 Å². The van der Waals surface area contributed by atoms with Crippen molar-refractivity contribution < 1.29 is 14.7 Å². The monoisotopic (exact) mass is 286 g/mol. The molecule has 5 heteroatoms. The van der Waals surface area contributed by atoms with Gasteiger partial charge in [0.05, 0.1) is 5.92 Å². The van der Waals surface area contributed by atoms with Crippen LogP contribution in [0.5, 0.6) is 0 Å². The standard InChI is InChI=1S/C16H18N2O3/c1-12(16(20)21)8-9-17-15(19)13-4-6-14(7-5-13)18-10-2-3-11-18/h2-7,10-12H,8-9H2,1H3,(H,17,19)(H,20,21). The van der Waals surface area contributed by atoms with Gasteiger partial charge in [-0.2, -0.15) is 0 Å². The van der Waals surface area contributed by atoms with Gasteiger partial charge in [-0.3, -0.25) is 9.59 Å². The largest absolute Gasteiger partial charge is 0.481 e. The van der Waals surface area contributed by atoms with E-state index in [9.17, 15) is 9.59 Å². The summed E-state index contributed by atoms with van der Waals surface area (Å²) in [5.41, 5.74) is 1.55. The fraction of sp³-hybridized carbons (Fsp3) is 0.250. The number of hydrogen-bond acceptors (Lipinski definition) is 2. The molecule has 1 aromatic carbocycles. The minimum absolute atomic E-state index is 0.188. The number of aromatic nitrogens is 1. The van der Waals surface area contributed by atoms with Crippen molar-refractivity contribution in [1.82, 2.24) is 9.88 Å². The zero-order chi connectivity index (χ0) is 15.2. The molecule has 0 spiro atoms. The van der Waals surface area contributed by atoms with Gasteiger partial charge in [0.1, 0.15) is 0 Å². The van der Waals surface area contributed by atoms with Crippen LogP contribution < -0.4 is 5.32 Å². The number of amides is 1. The molecule has 2 rings (SSSR count). The minimum atomic E-state index is -0.847. The van der Waals surface area contributed by atoms with E-state index in [1.54, 1.807) is 19.1 Å². The number of aliphatic carboxylic acids is 1. The second kappa shape index (κ2) is 6.74. The van der Waals surface area contributed by atoms with E-state index < -0.39 is 11.9 Å². The first kappa shape index (κ1) is 14.8. The van der Waals surface area contributed by atoms with Gasteiger partial charge in [0.15, 0.2) is 0 Å². The Balaban J connectivity index is 1.90. The molecule has 0 aliphatic rings. The average Bonchev–Trinajstić information content (AvgIpc) is 3.01. The maximum atomic E-state index is 11.9. The van der Waals surface area contributed by atoms with Crippen LogP contribution in [0.4, 0.5) is 0 Å². The zero-order valence-electron chi connectivity index (χ0n) is 11.8. The average molecular weight is 286 g/mol. The molecule has 0 radical (unpaired) electrons. The van der Waals surface area contributed by atoms with Crippen molar-refractivity contribution in [1.29, 1.82) is 0 Å². The molecule has 5 nitrogen and oxygen atoms in total. The molecule has 2 N–H and O–H groups in total. The van der Waals surface area contributed by atoms with Crippen LogP contribution in [0.3, 0.4) is 0 Å². The molecule has 2 aromatic rings. The topological polar surface area (TPSA) is 71.3 Å². The van der Waals surface area contributed by atoms with E-state index in [0.29, 0.717) is 18.5 Å². The molecular formula is C16H18N2O3. The van der Waals surface area contributed by atoms with Crippen molar-refractivity contribution in [3.8, 4) is 5.69 Å². The summed E-state index contributed by atoms with van der Waals surface area (Å²) in [6.07, 6.45) is 4.28. The van der Waals surface area contributed by atoms with Gasteiger partial charge in [0.2, 0.25) is 0 Å². The summed E-state index contributed by atoms with van der Waals surface area (Å²) < 4.78 is 1.95. The van der Waals surface area contributed by atoms with Gasteiger partial charge in [-0.15, -0.1) is 0 Å². The molecule has 0 fully saturated rings. The van der Waals surface area contributed by atoms with Crippen LogP contribution >= 0.6 is 0 Å². The lowest BCUT2D eigenvalue weighted by atomic mass is 10.1. The Morgan fingerprint density at radius 2 is 1.81 bits per heavy atom. The van der Waals surface area contributed by atoms with E-state index in [2.05, 4.69) is 5.32 Å². The predicted octanol–water partition coefficient (Wildman–Crippen LogP) is 2.32. The summed E-state index contributed by atoms with van der Waals surface area (Å²) in [5.74, 6) is -1.49. The molecule has 110 valence electrons. The molecule has 1 atom stereocenters. The van der Waals surface area contributed by atoms with Crippen molar-refractivity contribution in [2.45, 2.75) is 13.3 Å². The van der Waals surface area contributed by atoms with Gasteiger partial charge < -0.3 is 15.0 Å². The first-order chi connectivity index (χ1) is 10.1. The molecule has 1 amide bonds. The summed E-state index contributed by atoms with van der Waals surface area (Å²) in [6.45, 7) is 1.98. The second-order valence-electron chi connectivity index (χ2n) is 4.92. The number of carboxylic acid groups (broad SMARTS) is 1. The van der Waals surface area contributed by atoms with Gasteiger partial charge in [0, 0.05) is 30.2 Å². The third-order valence-corrected chi connectivity index (χ3v) is 3.32. The summed E-state index contributed by atoms with van der Waals surface area (Å²) in [4.78, 5) is 22.6. The second-order valence-corrected chi connectivity index (χ2v) is 4.92. The van der Waals surface area contributed by atoms with Crippen LogP contribution in [0.15, 0.2) is 48.8 Å². The molecule has 0 bridgehead atoms. The quantitative estimate of drug-likeness (QED) is 0.856. The Kier molecular flexibility index (Phi) is 4.77. The Hall–Kier alpha value is -2.56. The number of carbonyl (C=O) groups is 2. The minimum Gasteiger partial charge on any atom is -0.481 e. The molecule has 0 saturated carbocycles. The Morgan fingerprint density at radius 1 is 1.19 bits per heavy atom. The molecule has 1 heterocycles. The Labute approximate surface area is 123 Å². The molecule has 1 aromatic heterocycles. The van der Waals surface area contributed by atoms with Crippen LogP contribution in [0.2, 0.25) is 0 Å². The van der Waals surface area contributed by atoms with Crippen LogP contribution in [-0.4, -0.2) is 28.1 Å². The van der Waals surface area contributed by atoms with Gasteiger partial charge in [-0.25, -0.2) is 0 Å². The van der Waals surface area contributed by atoms with Crippen LogP contribution in [-0.2, 0) is 4.79 Å². The van der Waals surface area contributed by atoms with E-state index in [-0.39, 0.29) is 5.91 Å². The molecule has 21 heavy (non-hydrogen) atoms. The van der Waals surface area contributed by atoms with Gasteiger partial charge in [-0.1, -0.05) is 6.92 Å². The van der Waals surface area contributed by atoms with Crippen molar-refractivity contribution in [2.75, 3.05) is 6.54 Å². The SMILES string of the molecule is CC(CCNC(=O)c1ccc(-n2cccc2)cc1)C(=O)O. The fourth-order valence-corrected chi connectivity index (χ4v) is 1.92. The Morgan fingerprint density at radius 3 is 2.38 bits per heavy atom. The number of rotatable bonds is 6. The lowest BCUT2D eigenvalue weighted by Gasteiger charge is -2.08. The number of carboxylic acids is 1. The van der Waals surface area contributed by atoms with E-state index in [4.69, 9.17) is 5.11 Å². The highest BCUT2D eigenvalue weighted by molar-refractivity contribution is 5.94. The maximum Gasteiger partial charge on any atom is 0.306 e. The number of hydrogen-bond donors (Lipinski definition) is 2. The molecule has 0 aliphatic heterocycles. The highest BCUT2D eigenvalue weighted by atomic mass is 16.4. The van der Waals surface area contributed by atoms with Crippen LogP contribution in [0, 0.1) is 5.92 Å². The molecule has 1 unspecified atom stereocenters. The summed E-state index contributed by atoms with van der Waals surface area (Å²) >= 11 is 0. The van der Waals surface area contributed by atoms with Gasteiger partial charge in [0.25, 0.3) is 5.91 Å². The first-order valence-corrected chi connectivity index (χ1v) is 6.82. The van der Waals surface area contributed by atoms with Crippen molar-refractivity contribution in [3.63, 3.8) is 0 Å². The zero-order valence-corrected chi connectivity index (χ0v) is 11.8. The highest BCUT2D eigenvalue weighted by Crippen LogP contribution is 2.10. The van der Waals surface area contributed by atoms with Crippen LogP contribution in [0.1, 0.15) is 23.7 Å². The predicted molar refractivity (Wildman–Crippen MR) is 79.5 cm³/mol. The van der Waals surface area contributed by atoms with Crippen molar-refractivity contribution in [3.05, 3.63) is 54.4 Å². The van der Waals surface area contributed by atoms with Crippen LogP contribution in [0.25, 0.3) is 5.69 Å². The smallest absolute Gasteiger partial charge is 0.306 e. The number of benzene rings is 1. The third-order valence-electron chi connectivity index (χ3n) is 3.32. The van der Waals surface area contributed by atoms with E-state index in [0.717, 1.165) is 5.69 Å². The highest BCUT2D eigenvalue weighted by Gasteiger charge is 2.11. The van der Waals surface area contributed by atoms with Gasteiger partial charge in [-0.05, 0) is 42.8 Å². The molecular weight excluding hydrogens is 268 g/mol. The summed E-state index contributed by atoms with van der Waals surface area (Å²) in [7, 11) is 0. The first-order valence-electron chi connectivity index (χ1n) is 6.82. The molecule has 0 saturated heterocycles. The van der Waals surface area contributed by atoms with Crippen molar-refractivity contribution >= 4 is 11.9 Å². The van der Waals surface area contributed by atoms with E-state index in [1.807, 2.05) is 41.2 Å². The van der Waals surface area contributed by atoms with E-state index >= 15 is 0 Å². The normalized spacial score (nSPS) is 11.9. The maximum absolute atomic E-state index is 11.9. The van der Waals surface area contributed by atoms with Gasteiger partial charge >= 0.3 is 5.97 Å². The lowest BCUT2D eigenvalue weighted by molar-refractivity contribution is -0.141. The lowest BCUT2D eigenvalue weighted by Crippen LogP contribution is -2.27. The van der Waals surface area contributed by atoms with Crippen molar-refractivity contribution in [2.24, 2.45) is 5.92 Å². The molecule has 0 aliphatic carbocycles. The fourth-order valence-electron chi connectivity index (χ4n) is 1.92. The number of nitrogens with one attached hydrogen (secondary N) is 1. The number of nitrogens with zero attached hydrogens (tertiary/aromatic N) is 1. The Bertz CT molecular complexity index is 603. The number of carbonyl (C=O) groups excluding carboxylic acids is 1. The summed E-state index contributed by atoms with van der Waals surface area (Å²) in [5, 5.41) is 11.5. The third kappa shape index (κ3) is 3.95.